The molecule has 57 heavy (non-hydrogen) atoms. The molecular formula is C43H83O13P. The first-order valence-electron chi connectivity index (χ1n) is 22.8. The fourth-order valence-corrected chi connectivity index (χ4v) is 8.20. The zero-order valence-electron chi connectivity index (χ0n) is 35.7. The van der Waals surface area contributed by atoms with Crippen molar-refractivity contribution in [3.8, 4) is 0 Å². The van der Waals surface area contributed by atoms with Gasteiger partial charge in [0.05, 0.1) is 6.61 Å². The number of carbonyl (C=O) groups is 2. The van der Waals surface area contributed by atoms with Crippen molar-refractivity contribution in [3.63, 3.8) is 0 Å². The van der Waals surface area contributed by atoms with Crippen LogP contribution in [0.5, 0.6) is 0 Å². The maximum absolute atomic E-state index is 12.8. The molecule has 13 nitrogen and oxygen atoms in total. The number of esters is 2. The summed E-state index contributed by atoms with van der Waals surface area (Å²) in [7, 11) is -5.11. The molecule has 6 atom stereocenters. The molecule has 0 bridgehead atoms. The second kappa shape index (κ2) is 34.6. The molecule has 14 heteroatoms. The highest BCUT2D eigenvalue weighted by Crippen LogP contribution is 2.47. The average Bonchev–Trinajstić information content (AvgIpc) is 3.19. The van der Waals surface area contributed by atoms with E-state index in [1.165, 1.54) is 128 Å². The second-order valence-electron chi connectivity index (χ2n) is 16.3. The molecular weight excluding hydrogens is 755 g/mol. The molecule has 0 saturated heterocycles. The van der Waals surface area contributed by atoms with E-state index < -0.39 is 75.7 Å². The molecule has 0 heterocycles. The largest absolute Gasteiger partial charge is 0.472 e. The number of unbranched alkanes of at least 4 members (excludes halogenated alkanes) is 26. The third-order valence-electron chi connectivity index (χ3n) is 10.9. The first-order valence-corrected chi connectivity index (χ1v) is 24.3. The predicted octanol–water partition coefficient (Wildman–Crippen LogP) is 8.50. The van der Waals surface area contributed by atoms with Gasteiger partial charge in [0, 0.05) is 12.8 Å². The molecule has 1 rings (SSSR count). The van der Waals surface area contributed by atoms with Crippen LogP contribution < -0.4 is 0 Å². The quantitative estimate of drug-likeness (QED) is 0.0196. The van der Waals surface area contributed by atoms with Gasteiger partial charge in [0.1, 0.15) is 43.2 Å². The lowest BCUT2D eigenvalue weighted by atomic mass is 9.85. The summed E-state index contributed by atoms with van der Waals surface area (Å²) in [4.78, 5) is 35.6. The van der Waals surface area contributed by atoms with Gasteiger partial charge >= 0.3 is 19.8 Å². The lowest BCUT2D eigenvalue weighted by Crippen LogP contribution is -2.64. The number of hydrogen-bond donors (Lipinski definition) is 6. The summed E-state index contributed by atoms with van der Waals surface area (Å²) in [5.41, 5.74) is 0. The number of aliphatic hydroxyl groups is 5. The number of aliphatic hydroxyl groups excluding tert-OH is 5. The van der Waals surface area contributed by atoms with E-state index in [9.17, 15) is 44.6 Å². The van der Waals surface area contributed by atoms with E-state index in [4.69, 9.17) is 18.5 Å². The lowest BCUT2D eigenvalue weighted by molar-refractivity contribution is -0.220. The van der Waals surface area contributed by atoms with Gasteiger partial charge in [-0.2, -0.15) is 0 Å². The van der Waals surface area contributed by atoms with Gasteiger partial charge < -0.3 is 39.9 Å². The van der Waals surface area contributed by atoms with E-state index in [-0.39, 0.29) is 12.8 Å². The molecule has 1 aliphatic rings. The summed E-state index contributed by atoms with van der Waals surface area (Å²) in [5, 5.41) is 50.1. The molecule has 1 saturated carbocycles. The Hall–Kier alpha value is -1.15. The van der Waals surface area contributed by atoms with Gasteiger partial charge in [0.2, 0.25) is 0 Å². The first kappa shape index (κ1) is 53.9. The van der Waals surface area contributed by atoms with Crippen molar-refractivity contribution in [3.05, 3.63) is 0 Å². The average molecular weight is 839 g/mol. The number of phosphoric acid groups is 1. The Morgan fingerprint density at radius 1 is 0.474 bits per heavy atom. The molecule has 338 valence electrons. The Bertz CT molecular complexity index is 1020. The highest BCUT2D eigenvalue weighted by molar-refractivity contribution is 7.47. The minimum atomic E-state index is -5.11. The van der Waals surface area contributed by atoms with Crippen molar-refractivity contribution in [1.82, 2.24) is 0 Å². The highest BCUT2D eigenvalue weighted by Gasteiger charge is 2.51. The van der Waals surface area contributed by atoms with Crippen LogP contribution >= 0.6 is 7.82 Å². The van der Waals surface area contributed by atoms with Crippen molar-refractivity contribution in [2.24, 2.45) is 0 Å². The van der Waals surface area contributed by atoms with Gasteiger partial charge in [-0.25, -0.2) is 4.57 Å². The fraction of sp³-hybridized carbons (Fsp3) is 0.953. The van der Waals surface area contributed by atoms with Crippen LogP contribution in [-0.2, 0) is 32.7 Å². The maximum Gasteiger partial charge on any atom is 0.472 e. The van der Waals surface area contributed by atoms with Crippen LogP contribution in [-0.4, -0.2) is 98.3 Å². The zero-order valence-corrected chi connectivity index (χ0v) is 36.6. The van der Waals surface area contributed by atoms with E-state index in [0.717, 1.165) is 38.5 Å². The normalized spacial score (nSPS) is 22.6. The van der Waals surface area contributed by atoms with Crippen LogP contribution in [0.25, 0.3) is 0 Å². The van der Waals surface area contributed by atoms with Crippen LogP contribution in [0.15, 0.2) is 0 Å². The van der Waals surface area contributed by atoms with Crippen molar-refractivity contribution < 1.29 is 63.1 Å². The Morgan fingerprint density at radius 3 is 1.16 bits per heavy atom. The predicted molar refractivity (Wildman–Crippen MR) is 221 cm³/mol. The van der Waals surface area contributed by atoms with Crippen LogP contribution in [0.2, 0.25) is 0 Å². The van der Waals surface area contributed by atoms with Crippen molar-refractivity contribution in [1.29, 1.82) is 0 Å². The van der Waals surface area contributed by atoms with Crippen LogP contribution in [0.1, 0.15) is 206 Å². The van der Waals surface area contributed by atoms with Crippen molar-refractivity contribution in [2.75, 3.05) is 13.2 Å². The molecule has 6 unspecified atom stereocenters. The van der Waals surface area contributed by atoms with Crippen molar-refractivity contribution >= 4 is 19.8 Å². The first-order chi connectivity index (χ1) is 27.4. The fourth-order valence-electron chi connectivity index (χ4n) is 7.23. The second-order valence-corrected chi connectivity index (χ2v) is 17.7. The topological polar surface area (TPSA) is 210 Å². The minimum absolute atomic E-state index is 0.105. The third-order valence-corrected chi connectivity index (χ3v) is 11.9. The van der Waals surface area contributed by atoms with E-state index in [2.05, 4.69) is 13.8 Å². The Labute approximate surface area is 344 Å². The molecule has 1 fully saturated rings. The van der Waals surface area contributed by atoms with Crippen LogP contribution in [0.4, 0.5) is 0 Å². The zero-order chi connectivity index (χ0) is 42.2. The summed E-state index contributed by atoms with van der Waals surface area (Å²) in [5.74, 6) is -1.09. The Morgan fingerprint density at radius 2 is 0.789 bits per heavy atom. The van der Waals surface area contributed by atoms with Gasteiger partial charge in [0.25, 0.3) is 0 Å². The van der Waals surface area contributed by atoms with E-state index in [1.807, 2.05) is 0 Å². The lowest BCUT2D eigenvalue weighted by Gasteiger charge is -2.41. The van der Waals surface area contributed by atoms with Gasteiger partial charge in [-0.05, 0) is 12.8 Å². The van der Waals surface area contributed by atoms with E-state index in [1.54, 1.807) is 0 Å². The van der Waals surface area contributed by atoms with Gasteiger partial charge in [0.15, 0.2) is 6.10 Å². The Kier molecular flexibility index (Phi) is 32.7. The van der Waals surface area contributed by atoms with Gasteiger partial charge in [-0.15, -0.1) is 0 Å². The standard InChI is InChI=1S/C43H83O13P/c1-3-5-7-9-11-13-15-17-19-21-23-25-27-29-31-36(44)53-33-35(34-54-57(51,52)56-43-41(49)39(47)38(46)40(48)42(43)50)55-37(45)32-30-28-26-24-22-20-18-16-14-12-10-8-6-4-2/h35,38-43,46-50H,3-34H2,1-2H3,(H,51,52). The molecule has 0 radical (unpaired) electrons. The van der Waals surface area contributed by atoms with Crippen LogP contribution in [0.3, 0.4) is 0 Å². The number of phosphoric ester groups is 1. The number of hydrogen-bond acceptors (Lipinski definition) is 12. The summed E-state index contributed by atoms with van der Waals surface area (Å²) in [6.45, 7) is 3.31. The molecule has 0 aromatic carbocycles. The molecule has 0 aliphatic heterocycles. The monoisotopic (exact) mass is 839 g/mol. The summed E-state index contributed by atoms with van der Waals surface area (Å²) >= 11 is 0. The SMILES string of the molecule is CCCCCCCCCCCCCCCCC(=O)OCC(COP(=O)(O)OC1C(O)C(O)C(O)C(O)C1O)OC(=O)CCCCCCCCCCCCCCCC. The number of carbonyl (C=O) groups excluding carboxylic acids is 2. The van der Waals surface area contributed by atoms with E-state index in [0.29, 0.717) is 12.8 Å². The molecule has 0 aromatic rings. The molecule has 0 aromatic heterocycles. The Balaban J connectivity index is 2.45. The number of rotatable bonds is 38. The van der Waals surface area contributed by atoms with Gasteiger partial charge in [-0.3, -0.25) is 18.6 Å². The van der Waals surface area contributed by atoms with Crippen molar-refractivity contribution in [2.45, 2.75) is 249 Å². The van der Waals surface area contributed by atoms with Gasteiger partial charge in [-0.1, -0.05) is 181 Å². The molecule has 0 amide bonds. The van der Waals surface area contributed by atoms with Crippen LogP contribution in [0, 0.1) is 0 Å². The molecule has 0 spiro atoms. The summed E-state index contributed by atoms with van der Waals surface area (Å²) in [6, 6.07) is 0. The number of ether oxygens (including phenoxy) is 2. The molecule has 6 N–H and O–H groups in total. The third kappa shape index (κ3) is 27.3. The summed E-state index contributed by atoms with van der Waals surface area (Å²) in [6.07, 6.45) is 20.1. The van der Waals surface area contributed by atoms with E-state index >= 15 is 0 Å². The smallest absolute Gasteiger partial charge is 0.462 e. The highest BCUT2D eigenvalue weighted by atomic mass is 31.2. The summed E-state index contributed by atoms with van der Waals surface area (Å²) < 4.78 is 33.5. The molecule has 1 aliphatic carbocycles. The maximum atomic E-state index is 12.8. The minimum Gasteiger partial charge on any atom is -0.462 e.